The average molecular weight is 217 g/mol. The van der Waals surface area contributed by atoms with Crippen LogP contribution in [-0.4, -0.2) is 32.7 Å². The first-order valence-electron chi connectivity index (χ1n) is 3.82. The van der Waals surface area contributed by atoms with Crippen LogP contribution in [0.2, 0.25) is 6.55 Å². The molecule has 0 rings (SSSR count). The number of carbonyl (C=O) groups excluding carboxylic acids is 3. The highest BCUT2D eigenvalue weighted by atomic mass is 28.4. The number of hydrogen-bond acceptors (Lipinski definition) is 6. The zero-order chi connectivity index (χ0) is 11.2. The summed E-state index contributed by atoms with van der Waals surface area (Å²) < 4.78 is 9.67. The Labute approximate surface area is 82.2 Å². The summed E-state index contributed by atoms with van der Waals surface area (Å²) in [4.78, 5) is 34.5. The Morgan fingerprint density at radius 2 is 1.71 bits per heavy atom. The molecule has 0 fully saturated rings. The van der Waals surface area contributed by atoms with Gasteiger partial charge in [-0.15, -0.1) is 0 Å². The van der Waals surface area contributed by atoms with Crippen molar-refractivity contribution in [2.24, 2.45) is 4.99 Å². The fourth-order valence-electron chi connectivity index (χ4n) is 0.869. The lowest BCUT2D eigenvalue weighted by Crippen LogP contribution is -2.45. The monoisotopic (exact) mass is 217 g/mol. The minimum Gasteiger partial charge on any atom is -0.484 e. The molecule has 0 aromatic carbocycles. The third-order valence-electron chi connectivity index (χ3n) is 1.15. The van der Waals surface area contributed by atoms with E-state index in [0.29, 0.717) is 0 Å². The Kier molecular flexibility index (Phi) is 4.75. The van der Waals surface area contributed by atoms with Gasteiger partial charge in [-0.05, 0) is 0 Å². The molecule has 6 nitrogen and oxygen atoms in total. The summed E-state index contributed by atoms with van der Waals surface area (Å²) in [6, 6.07) is 0. The number of hydrogen-bond donors (Lipinski definition) is 0. The molecule has 0 N–H and O–H groups in total. The molecule has 78 valence electrons. The van der Waals surface area contributed by atoms with Crippen LogP contribution in [0, 0.1) is 0 Å². The number of rotatable bonds is 4. The van der Waals surface area contributed by atoms with E-state index < -0.39 is 20.5 Å². The van der Waals surface area contributed by atoms with E-state index in [2.05, 4.69) is 4.99 Å². The van der Waals surface area contributed by atoms with E-state index in [0.717, 1.165) is 0 Å². The highest BCUT2D eigenvalue weighted by molar-refractivity contribution is 6.69. The zero-order valence-corrected chi connectivity index (χ0v) is 9.20. The summed E-state index contributed by atoms with van der Waals surface area (Å²) in [5.41, 5.74) is 0. The van der Waals surface area contributed by atoms with Crippen LogP contribution in [0.1, 0.15) is 13.8 Å². The average Bonchev–Trinajstić information content (AvgIpc) is 1.97. The van der Waals surface area contributed by atoms with E-state index in [1.807, 2.05) is 0 Å². The van der Waals surface area contributed by atoms with Crippen LogP contribution in [0.3, 0.4) is 0 Å². The molecular weight excluding hydrogens is 206 g/mol. The smallest absolute Gasteiger partial charge is 0.484 e. The minimum absolute atomic E-state index is 0.129. The van der Waals surface area contributed by atoms with Crippen molar-refractivity contribution in [1.29, 1.82) is 0 Å². The lowest BCUT2D eigenvalue weighted by Gasteiger charge is -2.22. The van der Waals surface area contributed by atoms with Crippen molar-refractivity contribution in [2.45, 2.75) is 20.4 Å². The fraction of sp³-hybridized carbons (Fsp3) is 0.571. The van der Waals surface area contributed by atoms with E-state index in [1.54, 1.807) is 0 Å². The van der Waals surface area contributed by atoms with Gasteiger partial charge >= 0.3 is 8.56 Å². The second-order valence-corrected chi connectivity index (χ2v) is 5.72. The minimum atomic E-state index is -3.02. The predicted molar refractivity (Wildman–Crippen MR) is 48.1 cm³/mol. The lowest BCUT2D eigenvalue weighted by molar-refractivity contribution is -0.138. The van der Waals surface area contributed by atoms with Crippen molar-refractivity contribution in [3.63, 3.8) is 0 Å². The first kappa shape index (κ1) is 12.5. The van der Waals surface area contributed by atoms with Crippen molar-refractivity contribution in [1.82, 2.24) is 0 Å². The second-order valence-electron chi connectivity index (χ2n) is 2.73. The Balaban J connectivity index is 4.55. The van der Waals surface area contributed by atoms with Gasteiger partial charge in [0.1, 0.15) is 6.17 Å². The summed E-state index contributed by atoms with van der Waals surface area (Å²) in [5.74, 6) is -1.14. The first-order valence-corrected chi connectivity index (χ1v) is 6.35. The van der Waals surface area contributed by atoms with Gasteiger partial charge in [0.15, 0.2) is 0 Å². The normalized spacial score (nSPS) is 9.93. The number of nitrogens with zero attached hydrogens (tertiary/aromatic N) is 1. The molecule has 0 spiro atoms. The third-order valence-corrected chi connectivity index (χ3v) is 3.32. The molecule has 0 aromatic rings. The molecule has 0 saturated carbocycles. The van der Waals surface area contributed by atoms with E-state index in [4.69, 9.17) is 8.85 Å². The Morgan fingerprint density at radius 1 is 1.29 bits per heavy atom. The third kappa shape index (κ3) is 5.23. The summed E-state index contributed by atoms with van der Waals surface area (Å²) in [6.45, 7) is 3.86. The molecule has 0 aliphatic rings. The van der Waals surface area contributed by atoms with Crippen LogP contribution < -0.4 is 0 Å². The van der Waals surface area contributed by atoms with Crippen molar-refractivity contribution in [3.8, 4) is 0 Å². The standard InChI is InChI=1S/C7H11NO5Si/c1-6(10)12-14(3,5-8-4-9)13-7(2)11/h5H2,1-3H3. The van der Waals surface area contributed by atoms with Gasteiger partial charge in [0.05, 0.1) is 0 Å². The molecular formula is C7H11NO5Si. The van der Waals surface area contributed by atoms with E-state index in [1.165, 1.54) is 26.5 Å². The van der Waals surface area contributed by atoms with Crippen LogP contribution in [0.5, 0.6) is 0 Å². The maximum atomic E-state index is 10.7. The number of isocyanates is 1. The van der Waals surface area contributed by atoms with Crippen molar-refractivity contribution in [3.05, 3.63) is 0 Å². The van der Waals surface area contributed by atoms with Crippen LogP contribution >= 0.6 is 0 Å². The van der Waals surface area contributed by atoms with Gasteiger partial charge in [0, 0.05) is 20.4 Å². The van der Waals surface area contributed by atoms with Crippen molar-refractivity contribution in [2.75, 3.05) is 6.17 Å². The van der Waals surface area contributed by atoms with Crippen molar-refractivity contribution >= 4 is 26.6 Å². The van der Waals surface area contributed by atoms with Gasteiger partial charge in [0.25, 0.3) is 11.9 Å². The van der Waals surface area contributed by atoms with Crippen LogP contribution in [0.25, 0.3) is 0 Å². The maximum absolute atomic E-state index is 10.7. The largest absolute Gasteiger partial charge is 0.484 e. The summed E-state index contributed by atoms with van der Waals surface area (Å²) in [6.07, 6.45) is 1.17. The Hall–Kier alpha value is -1.46. The predicted octanol–water partition coefficient (Wildman–Crippen LogP) is 0.0596. The van der Waals surface area contributed by atoms with Gasteiger partial charge in [-0.3, -0.25) is 9.59 Å². The van der Waals surface area contributed by atoms with Gasteiger partial charge in [0.2, 0.25) is 6.08 Å². The van der Waals surface area contributed by atoms with Gasteiger partial charge < -0.3 is 8.85 Å². The fourth-order valence-corrected chi connectivity index (χ4v) is 2.61. The summed E-state index contributed by atoms with van der Waals surface area (Å²) >= 11 is 0. The van der Waals surface area contributed by atoms with Crippen LogP contribution in [0.15, 0.2) is 4.99 Å². The van der Waals surface area contributed by atoms with E-state index in [-0.39, 0.29) is 6.17 Å². The summed E-state index contributed by atoms with van der Waals surface area (Å²) in [7, 11) is -3.02. The number of aliphatic imine (C=N–C) groups is 1. The maximum Gasteiger partial charge on any atom is 0.484 e. The van der Waals surface area contributed by atoms with Gasteiger partial charge in [-0.1, -0.05) is 0 Å². The van der Waals surface area contributed by atoms with Gasteiger partial charge in [-0.2, -0.15) is 0 Å². The topological polar surface area (TPSA) is 82.0 Å². The molecule has 0 unspecified atom stereocenters. The lowest BCUT2D eigenvalue weighted by atomic mass is 10.9. The molecule has 0 aromatic heterocycles. The highest BCUT2D eigenvalue weighted by Gasteiger charge is 2.38. The Bertz CT molecular complexity index is 260. The van der Waals surface area contributed by atoms with Gasteiger partial charge in [-0.25, -0.2) is 9.79 Å². The zero-order valence-electron chi connectivity index (χ0n) is 8.20. The first-order chi connectivity index (χ1) is 6.39. The quantitative estimate of drug-likeness (QED) is 0.378. The number of carbonyl (C=O) groups is 2. The molecule has 0 heterocycles. The molecule has 0 aliphatic carbocycles. The summed E-state index contributed by atoms with van der Waals surface area (Å²) in [5, 5.41) is 0. The highest BCUT2D eigenvalue weighted by Crippen LogP contribution is 2.08. The molecule has 0 atom stereocenters. The van der Waals surface area contributed by atoms with Crippen LogP contribution in [-0.2, 0) is 23.2 Å². The molecule has 7 heteroatoms. The van der Waals surface area contributed by atoms with Crippen LogP contribution in [0.4, 0.5) is 0 Å². The SMILES string of the molecule is CC(=O)O[Si](C)(CN=C=O)OC(C)=O. The molecule has 14 heavy (non-hydrogen) atoms. The van der Waals surface area contributed by atoms with E-state index >= 15 is 0 Å². The molecule has 0 amide bonds. The Morgan fingerprint density at radius 3 is 2.00 bits per heavy atom. The second kappa shape index (κ2) is 5.31. The molecule has 0 bridgehead atoms. The molecule has 0 radical (unpaired) electrons. The molecule has 0 aliphatic heterocycles. The van der Waals surface area contributed by atoms with E-state index in [9.17, 15) is 14.4 Å². The molecule has 0 saturated heterocycles. The van der Waals surface area contributed by atoms with Crippen molar-refractivity contribution < 1.29 is 23.2 Å².